The minimum absolute atomic E-state index is 0.282. The number of rotatable bonds is 6. The normalized spacial score (nSPS) is 12.1. The van der Waals surface area contributed by atoms with Gasteiger partial charge in [-0.3, -0.25) is 4.79 Å². The molecule has 0 spiro atoms. The minimum Gasteiger partial charge on any atom is -0.369 e. The Balaban J connectivity index is 2.01. The molecule has 1 atom stereocenters. The highest BCUT2D eigenvalue weighted by Crippen LogP contribution is 2.13. The van der Waals surface area contributed by atoms with Crippen LogP contribution in [0, 0.1) is 5.92 Å². The summed E-state index contributed by atoms with van der Waals surface area (Å²) in [6.45, 7) is 0.293. The summed E-state index contributed by atoms with van der Waals surface area (Å²) in [7, 11) is 0. The molecular weight excluding hydrogens is 248 g/mol. The van der Waals surface area contributed by atoms with Gasteiger partial charge in [-0.25, -0.2) is 0 Å². The maximum absolute atomic E-state index is 11.2. The highest BCUT2D eigenvalue weighted by Gasteiger charge is 2.13. The Morgan fingerprint density at radius 1 is 0.900 bits per heavy atom. The summed E-state index contributed by atoms with van der Waals surface area (Å²) in [5.74, 6) is -0.615. The fourth-order valence-corrected chi connectivity index (χ4v) is 2.21. The van der Waals surface area contributed by atoms with Crippen LogP contribution in [0.1, 0.15) is 16.7 Å². The lowest BCUT2D eigenvalue weighted by atomic mass is 9.97. The molecule has 0 bridgehead atoms. The van der Waals surface area contributed by atoms with E-state index in [1.807, 2.05) is 30.3 Å². The van der Waals surface area contributed by atoms with E-state index in [4.69, 9.17) is 11.5 Å². The van der Waals surface area contributed by atoms with Gasteiger partial charge in [-0.15, -0.1) is 0 Å². The van der Waals surface area contributed by atoms with Crippen molar-refractivity contribution in [2.75, 3.05) is 6.54 Å². The second-order valence-corrected chi connectivity index (χ2v) is 5.02. The fourth-order valence-electron chi connectivity index (χ4n) is 2.21. The van der Waals surface area contributed by atoms with Crippen molar-refractivity contribution in [3.8, 4) is 0 Å². The second kappa shape index (κ2) is 6.87. The van der Waals surface area contributed by atoms with E-state index in [1.165, 1.54) is 11.1 Å². The van der Waals surface area contributed by atoms with Crippen LogP contribution in [-0.4, -0.2) is 12.5 Å². The number of benzene rings is 2. The molecule has 3 nitrogen and oxygen atoms in total. The van der Waals surface area contributed by atoms with Crippen molar-refractivity contribution in [2.24, 2.45) is 17.4 Å². The fraction of sp³-hybridized carbons (Fsp3) is 0.235. The van der Waals surface area contributed by atoms with Crippen LogP contribution in [-0.2, 0) is 17.6 Å². The molecule has 0 fully saturated rings. The molecule has 2 aromatic carbocycles. The predicted octanol–water partition coefficient (Wildman–Crippen LogP) is 1.88. The first kappa shape index (κ1) is 14.3. The van der Waals surface area contributed by atoms with Crippen LogP contribution in [0.4, 0.5) is 0 Å². The Labute approximate surface area is 119 Å². The lowest BCUT2D eigenvalue weighted by Gasteiger charge is -2.11. The molecule has 0 aliphatic carbocycles. The highest BCUT2D eigenvalue weighted by atomic mass is 16.1. The van der Waals surface area contributed by atoms with Gasteiger partial charge in [0.25, 0.3) is 0 Å². The van der Waals surface area contributed by atoms with E-state index >= 15 is 0 Å². The van der Waals surface area contributed by atoms with Crippen molar-refractivity contribution >= 4 is 5.91 Å². The van der Waals surface area contributed by atoms with Crippen molar-refractivity contribution in [3.05, 3.63) is 71.3 Å². The van der Waals surface area contributed by atoms with Crippen LogP contribution in [0.25, 0.3) is 0 Å². The number of hydrogen-bond donors (Lipinski definition) is 2. The van der Waals surface area contributed by atoms with E-state index < -0.39 is 0 Å². The Morgan fingerprint density at radius 2 is 1.45 bits per heavy atom. The molecular formula is C17H20N2O. The lowest BCUT2D eigenvalue weighted by Crippen LogP contribution is -2.31. The largest absolute Gasteiger partial charge is 0.369 e. The zero-order valence-corrected chi connectivity index (χ0v) is 11.5. The summed E-state index contributed by atoms with van der Waals surface area (Å²) < 4.78 is 0. The average molecular weight is 268 g/mol. The summed E-state index contributed by atoms with van der Waals surface area (Å²) in [6, 6.07) is 18.6. The first-order valence-electron chi connectivity index (χ1n) is 6.80. The van der Waals surface area contributed by atoms with Crippen LogP contribution in [0.2, 0.25) is 0 Å². The zero-order chi connectivity index (χ0) is 14.4. The van der Waals surface area contributed by atoms with Crippen molar-refractivity contribution in [3.63, 3.8) is 0 Å². The molecule has 1 amide bonds. The molecule has 0 aliphatic rings. The number of amides is 1. The van der Waals surface area contributed by atoms with Crippen molar-refractivity contribution in [2.45, 2.75) is 12.8 Å². The van der Waals surface area contributed by atoms with E-state index in [9.17, 15) is 4.79 Å². The van der Waals surface area contributed by atoms with Gasteiger partial charge >= 0.3 is 0 Å². The van der Waals surface area contributed by atoms with Gasteiger partial charge in [0, 0.05) is 6.54 Å². The highest BCUT2D eigenvalue weighted by molar-refractivity contribution is 5.77. The standard InChI is InChI=1S/C17H20N2O/c18-12-16(17(19)20)11-15-8-6-14(7-9-15)10-13-4-2-1-3-5-13/h1-9,16H,10-12,18H2,(H2,19,20). The van der Waals surface area contributed by atoms with Gasteiger partial charge in [-0.2, -0.15) is 0 Å². The minimum atomic E-state index is -0.333. The first-order valence-corrected chi connectivity index (χ1v) is 6.80. The molecule has 104 valence electrons. The number of hydrogen-bond acceptors (Lipinski definition) is 2. The van der Waals surface area contributed by atoms with E-state index in [1.54, 1.807) is 0 Å². The molecule has 0 aliphatic heterocycles. The van der Waals surface area contributed by atoms with Gasteiger partial charge < -0.3 is 11.5 Å². The van der Waals surface area contributed by atoms with Crippen molar-refractivity contribution in [1.29, 1.82) is 0 Å². The molecule has 4 N–H and O–H groups in total. The maximum atomic E-state index is 11.2. The van der Waals surface area contributed by atoms with Gasteiger partial charge in [0.1, 0.15) is 0 Å². The summed E-state index contributed by atoms with van der Waals surface area (Å²) in [5, 5.41) is 0. The van der Waals surface area contributed by atoms with Crippen LogP contribution >= 0.6 is 0 Å². The van der Waals surface area contributed by atoms with Gasteiger partial charge in [-0.1, -0.05) is 54.6 Å². The Morgan fingerprint density at radius 3 is 2.00 bits per heavy atom. The topological polar surface area (TPSA) is 69.1 Å². The Kier molecular flexibility index (Phi) is 4.91. The molecule has 0 saturated heterocycles. The van der Waals surface area contributed by atoms with Crippen LogP contribution in [0.5, 0.6) is 0 Å². The van der Waals surface area contributed by atoms with Crippen molar-refractivity contribution in [1.82, 2.24) is 0 Å². The SMILES string of the molecule is NCC(Cc1ccc(Cc2ccccc2)cc1)C(N)=O. The quantitative estimate of drug-likeness (QED) is 0.840. The predicted molar refractivity (Wildman–Crippen MR) is 81.1 cm³/mol. The zero-order valence-electron chi connectivity index (χ0n) is 11.5. The van der Waals surface area contributed by atoms with Crippen molar-refractivity contribution < 1.29 is 4.79 Å². The third-order valence-electron chi connectivity index (χ3n) is 3.44. The van der Waals surface area contributed by atoms with Crippen LogP contribution in [0.15, 0.2) is 54.6 Å². The lowest BCUT2D eigenvalue weighted by molar-refractivity contribution is -0.121. The molecule has 0 saturated carbocycles. The molecule has 2 aromatic rings. The van der Waals surface area contributed by atoms with E-state index in [0.29, 0.717) is 13.0 Å². The molecule has 0 heterocycles. The Hall–Kier alpha value is -2.13. The summed E-state index contributed by atoms with van der Waals surface area (Å²) in [4.78, 5) is 11.2. The summed E-state index contributed by atoms with van der Waals surface area (Å²) >= 11 is 0. The number of nitrogens with two attached hydrogens (primary N) is 2. The maximum Gasteiger partial charge on any atom is 0.222 e. The molecule has 20 heavy (non-hydrogen) atoms. The van der Waals surface area contributed by atoms with Gasteiger partial charge in [0.05, 0.1) is 5.92 Å². The molecule has 0 aromatic heterocycles. The second-order valence-electron chi connectivity index (χ2n) is 5.02. The van der Waals surface area contributed by atoms with Gasteiger partial charge in [0.2, 0.25) is 5.91 Å². The van der Waals surface area contributed by atoms with Crippen LogP contribution in [0.3, 0.4) is 0 Å². The smallest absolute Gasteiger partial charge is 0.222 e. The van der Waals surface area contributed by atoms with Crippen LogP contribution < -0.4 is 11.5 Å². The summed E-state index contributed by atoms with van der Waals surface area (Å²) in [6.07, 6.45) is 1.52. The van der Waals surface area contributed by atoms with E-state index in [2.05, 4.69) is 24.3 Å². The molecule has 0 radical (unpaired) electrons. The van der Waals surface area contributed by atoms with Gasteiger partial charge in [0.15, 0.2) is 0 Å². The first-order chi connectivity index (χ1) is 9.69. The monoisotopic (exact) mass is 268 g/mol. The Bertz CT molecular complexity index is 549. The molecule has 1 unspecified atom stereocenters. The number of carbonyl (C=O) groups is 1. The number of primary amides is 1. The molecule has 2 rings (SSSR count). The van der Waals surface area contributed by atoms with Gasteiger partial charge in [-0.05, 0) is 29.5 Å². The molecule has 3 heteroatoms. The third kappa shape index (κ3) is 3.93. The number of carbonyl (C=O) groups excluding carboxylic acids is 1. The van der Waals surface area contributed by atoms with E-state index in [-0.39, 0.29) is 11.8 Å². The third-order valence-corrected chi connectivity index (χ3v) is 3.44. The van der Waals surface area contributed by atoms with E-state index in [0.717, 1.165) is 12.0 Å². The summed E-state index contributed by atoms with van der Waals surface area (Å²) in [5.41, 5.74) is 14.5. The average Bonchev–Trinajstić information content (AvgIpc) is 2.47.